The van der Waals surface area contributed by atoms with E-state index in [0.717, 1.165) is 18.4 Å². The van der Waals surface area contributed by atoms with Crippen molar-refractivity contribution >= 4 is 5.91 Å². The number of hydrogen-bond acceptors (Lipinski definition) is 5. The van der Waals surface area contributed by atoms with Crippen LogP contribution in [0.2, 0.25) is 0 Å². The highest BCUT2D eigenvalue weighted by Gasteiger charge is 2.16. The van der Waals surface area contributed by atoms with E-state index >= 15 is 0 Å². The van der Waals surface area contributed by atoms with E-state index in [4.69, 9.17) is 4.52 Å². The molecule has 6 heteroatoms. The summed E-state index contributed by atoms with van der Waals surface area (Å²) < 4.78 is 5.20. The minimum atomic E-state index is 0.0653. The van der Waals surface area contributed by atoms with Gasteiger partial charge in [0.05, 0.1) is 0 Å². The molecule has 0 radical (unpaired) electrons. The quantitative estimate of drug-likeness (QED) is 0.917. The number of nitrogens with zero attached hydrogens (tertiary/aromatic N) is 3. The largest absolute Gasteiger partial charge is 0.353 e. The van der Waals surface area contributed by atoms with Gasteiger partial charge in [0.15, 0.2) is 0 Å². The van der Waals surface area contributed by atoms with E-state index in [2.05, 4.69) is 20.4 Å². The molecule has 2 aromatic rings. The fraction of sp³-hybridized carbons (Fsp3) is 0.500. The first-order valence-electron chi connectivity index (χ1n) is 7.83. The van der Waals surface area contributed by atoms with Crippen molar-refractivity contribution in [3.63, 3.8) is 0 Å². The highest BCUT2D eigenvalue weighted by Crippen LogP contribution is 2.18. The summed E-state index contributed by atoms with van der Waals surface area (Å²) >= 11 is 0. The lowest BCUT2D eigenvalue weighted by Gasteiger charge is -2.22. The molecule has 2 aromatic heterocycles. The van der Waals surface area contributed by atoms with E-state index in [-0.39, 0.29) is 5.91 Å². The van der Waals surface area contributed by atoms with Gasteiger partial charge in [-0.05, 0) is 25.0 Å². The molecule has 1 amide bonds. The number of carbonyl (C=O) groups excluding carboxylic acids is 1. The van der Waals surface area contributed by atoms with E-state index < -0.39 is 0 Å². The number of aryl methyl sites for hydroxylation is 1. The van der Waals surface area contributed by atoms with Gasteiger partial charge in [0.2, 0.25) is 17.6 Å². The predicted octanol–water partition coefficient (Wildman–Crippen LogP) is 2.51. The first-order valence-corrected chi connectivity index (χ1v) is 7.83. The molecule has 0 bridgehead atoms. The molecule has 0 atom stereocenters. The minimum absolute atomic E-state index is 0.0653. The Hall–Kier alpha value is -2.24. The van der Waals surface area contributed by atoms with Gasteiger partial charge in [-0.1, -0.05) is 24.4 Å². The Morgan fingerprint density at radius 3 is 2.77 bits per heavy atom. The maximum atomic E-state index is 12.0. The van der Waals surface area contributed by atoms with Crippen molar-refractivity contribution in [3.8, 4) is 11.4 Å². The van der Waals surface area contributed by atoms with Crippen LogP contribution in [0.25, 0.3) is 11.4 Å². The van der Waals surface area contributed by atoms with E-state index in [9.17, 15) is 4.79 Å². The number of amides is 1. The van der Waals surface area contributed by atoms with Crippen molar-refractivity contribution in [2.24, 2.45) is 0 Å². The highest BCUT2D eigenvalue weighted by molar-refractivity contribution is 5.76. The van der Waals surface area contributed by atoms with Crippen molar-refractivity contribution < 1.29 is 9.32 Å². The Bertz CT molecular complexity index is 606. The van der Waals surface area contributed by atoms with Gasteiger partial charge in [-0.2, -0.15) is 4.98 Å². The zero-order chi connectivity index (χ0) is 15.2. The number of rotatable bonds is 5. The summed E-state index contributed by atoms with van der Waals surface area (Å²) in [6.45, 7) is 0. The molecule has 0 aromatic carbocycles. The summed E-state index contributed by atoms with van der Waals surface area (Å²) in [5.41, 5.74) is 0.858. The maximum Gasteiger partial charge on any atom is 0.227 e. The van der Waals surface area contributed by atoms with Crippen molar-refractivity contribution in [1.82, 2.24) is 20.4 Å². The summed E-state index contributed by atoms with van der Waals surface area (Å²) in [4.78, 5) is 20.2. The van der Waals surface area contributed by atoms with Crippen LogP contribution < -0.4 is 5.32 Å². The fourth-order valence-corrected chi connectivity index (χ4v) is 2.74. The van der Waals surface area contributed by atoms with E-state index in [0.29, 0.717) is 30.6 Å². The van der Waals surface area contributed by atoms with Crippen molar-refractivity contribution in [1.29, 1.82) is 0 Å². The molecular formula is C16H20N4O2. The van der Waals surface area contributed by atoms with Crippen LogP contribution in [0.5, 0.6) is 0 Å². The van der Waals surface area contributed by atoms with E-state index in [1.54, 1.807) is 12.4 Å². The van der Waals surface area contributed by atoms with Gasteiger partial charge >= 0.3 is 0 Å². The Kier molecular flexibility index (Phi) is 4.78. The Morgan fingerprint density at radius 2 is 2.00 bits per heavy atom. The first kappa shape index (κ1) is 14.7. The number of carbonyl (C=O) groups is 1. The molecule has 0 saturated heterocycles. The van der Waals surface area contributed by atoms with E-state index in [1.807, 2.05) is 12.1 Å². The Balaban J connectivity index is 1.49. The van der Waals surface area contributed by atoms with Crippen LogP contribution in [0.3, 0.4) is 0 Å². The minimum Gasteiger partial charge on any atom is -0.353 e. The molecule has 6 nitrogen and oxygen atoms in total. The first-order chi connectivity index (χ1) is 10.8. The molecule has 0 spiro atoms. The lowest BCUT2D eigenvalue weighted by atomic mass is 9.95. The van der Waals surface area contributed by atoms with E-state index in [1.165, 1.54) is 19.3 Å². The van der Waals surface area contributed by atoms with Gasteiger partial charge in [0, 0.05) is 36.8 Å². The molecule has 1 aliphatic carbocycles. The normalized spacial score (nSPS) is 15.6. The summed E-state index contributed by atoms with van der Waals surface area (Å²) in [6.07, 6.45) is 10.1. The number of hydrogen-bond donors (Lipinski definition) is 1. The second-order valence-corrected chi connectivity index (χ2v) is 5.65. The molecule has 3 rings (SSSR count). The molecule has 116 valence electrons. The Labute approximate surface area is 129 Å². The average Bonchev–Trinajstić information content (AvgIpc) is 3.04. The molecular weight excluding hydrogens is 280 g/mol. The van der Waals surface area contributed by atoms with Crippen molar-refractivity contribution in [2.75, 3.05) is 0 Å². The molecule has 1 aliphatic rings. The summed E-state index contributed by atoms with van der Waals surface area (Å²) in [6, 6.07) is 3.99. The lowest BCUT2D eigenvalue weighted by Crippen LogP contribution is -2.36. The van der Waals surface area contributed by atoms with Gasteiger partial charge in [-0.3, -0.25) is 9.78 Å². The summed E-state index contributed by atoms with van der Waals surface area (Å²) in [5.74, 6) is 1.09. The highest BCUT2D eigenvalue weighted by atomic mass is 16.5. The second-order valence-electron chi connectivity index (χ2n) is 5.65. The third kappa shape index (κ3) is 3.90. The standard InChI is InChI=1S/C16H20N4O2/c21-14(18-13-4-2-1-3-5-13)6-7-15-19-16(20-22-15)12-8-10-17-11-9-12/h8-11,13H,1-7H2,(H,18,21). The zero-order valence-electron chi connectivity index (χ0n) is 12.5. The molecule has 22 heavy (non-hydrogen) atoms. The molecule has 1 saturated carbocycles. The van der Waals surface area contributed by atoms with Gasteiger partial charge in [-0.25, -0.2) is 0 Å². The topological polar surface area (TPSA) is 80.9 Å². The summed E-state index contributed by atoms with van der Waals surface area (Å²) in [5, 5.41) is 7.03. The van der Waals surface area contributed by atoms with Crippen LogP contribution in [0.15, 0.2) is 29.0 Å². The molecule has 1 fully saturated rings. The monoisotopic (exact) mass is 300 g/mol. The lowest BCUT2D eigenvalue weighted by molar-refractivity contribution is -0.122. The van der Waals surface area contributed by atoms with Crippen LogP contribution in [-0.4, -0.2) is 27.1 Å². The predicted molar refractivity (Wildman–Crippen MR) is 80.9 cm³/mol. The molecule has 2 heterocycles. The molecule has 0 aliphatic heterocycles. The number of aromatic nitrogens is 3. The van der Waals surface area contributed by atoms with Crippen LogP contribution in [-0.2, 0) is 11.2 Å². The molecule has 1 N–H and O–H groups in total. The maximum absolute atomic E-state index is 12.0. The van der Waals surface area contributed by atoms with Crippen LogP contribution in [0.1, 0.15) is 44.4 Å². The third-order valence-electron chi connectivity index (χ3n) is 3.94. The second kappa shape index (κ2) is 7.15. The zero-order valence-corrected chi connectivity index (χ0v) is 12.5. The fourth-order valence-electron chi connectivity index (χ4n) is 2.74. The van der Waals surface area contributed by atoms with Crippen LogP contribution in [0.4, 0.5) is 0 Å². The molecule has 0 unspecified atom stereocenters. The third-order valence-corrected chi connectivity index (χ3v) is 3.94. The van der Waals surface area contributed by atoms with Crippen molar-refractivity contribution in [3.05, 3.63) is 30.4 Å². The average molecular weight is 300 g/mol. The number of nitrogens with one attached hydrogen (secondary N) is 1. The van der Waals surface area contributed by atoms with Gasteiger partial charge in [0.25, 0.3) is 0 Å². The number of pyridine rings is 1. The summed E-state index contributed by atoms with van der Waals surface area (Å²) in [7, 11) is 0. The Morgan fingerprint density at radius 1 is 1.23 bits per heavy atom. The van der Waals surface area contributed by atoms with Gasteiger partial charge < -0.3 is 9.84 Å². The van der Waals surface area contributed by atoms with Crippen LogP contribution >= 0.6 is 0 Å². The van der Waals surface area contributed by atoms with Crippen LogP contribution in [0, 0.1) is 0 Å². The smallest absolute Gasteiger partial charge is 0.227 e. The van der Waals surface area contributed by atoms with Crippen molar-refractivity contribution in [2.45, 2.75) is 51.0 Å². The van der Waals surface area contributed by atoms with Gasteiger partial charge in [-0.15, -0.1) is 0 Å². The SMILES string of the molecule is O=C(CCc1nc(-c2ccncc2)no1)NC1CCCCC1. The van der Waals surface area contributed by atoms with Gasteiger partial charge in [0.1, 0.15) is 0 Å².